The van der Waals surface area contributed by atoms with Crippen LogP contribution in [0.5, 0.6) is 0 Å². The molecule has 1 aromatic heterocycles. The Morgan fingerprint density at radius 3 is 3.15 bits per heavy atom. The first kappa shape index (κ1) is 8.16. The molecule has 0 saturated carbocycles. The van der Waals surface area contributed by atoms with Crippen LogP contribution < -0.4 is 0 Å². The molecule has 1 heterocycles. The molecular formula is C9H10N2O2. The van der Waals surface area contributed by atoms with E-state index in [1.54, 1.807) is 13.1 Å². The standard InChI is InChI=1S/C9H10N2O2/c1-5-10-4-6-2-3-7(9(12)13)8(6)11-5/h4,7H,2-3H2,1H3,(H,12,13). The molecule has 0 amide bonds. The van der Waals surface area contributed by atoms with Gasteiger partial charge in [0.1, 0.15) is 5.82 Å². The number of carbonyl (C=O) groups is 1. The Hall–Kier alpha value is -1.45. The molecule has 0 fully saturated rings. The lowest BCUT2D eigenvalue weighted by Gasteiger charge is -2.04. The van der Waals surface area contributed by atoms with E-state index in [0.29, 0.717) is 17.9 Å². The van der Waals surface area contributed by atoms with Crippen LogP contribution in [0.4, 0.5) is 0 Å². The number of hydrogen-bond acceptors (Lipinski definition) is 3. The first-order chi connectivity index (χ1) is 6.18. The average molecular weight is 178 g/mol. The molecule has 1 unspecified atom stereocenters. The van der Waals surface area contributed by atoms with E-state index < -0.39 is 11.9 Å². The quantitative estimate of drug-likeness (QED) is 0.694. The molecule has 4 nitrogen and oxygen atoms in total. The van der Waals surface area contributed by atoms with Crippen molar-refractivity contribution >= 4 is 5.97 Å². The summed E-state index contributed by atoms with van der Waals surface area (Å²) in [7, 11) is 0. The third-order valence-electron chi connectivity index (χ3n) is 2.35. The van der Waals surface area contributed by atoms with E-state index in [1.165, 1.54) is 0 Å². The number of carboxylic acid groups (broad SMARTS) is 1. The maximum Gasteiger partial charge on any atom is 0.312 e. The summed E-state index contributed by atoms with van der Waals surface area (Å²) in [5, 5.41) is 8.89. The van der Waals surface area contributed by atoms with Gasteiger partial charge < -0.3 is 5.11 Å². The predicted molar refractivity (Wildman–Crippen MR) is 45.5 cm³/mol. The summed E-state index contributed by atoms with van der Waals surface area (Å²) in [5.74, 6) is -0.555. The fourth-order valence-electron chi connectivity index (χ4n) is 1.68. The monoisotopic (exact) mass is 178 g/mol. The van der Waals surface area contributed by atoms with Gasteiger partial charge in [-0.05, 0) is 25.3 Å². The van der Waals surface area contributed by atoms with E-state index >= 15 is 0 Å². The first-order valence-corrected chi connectivity index (χ1v) is 4.23. The normalized spacial score (nSPS) is 19.9. The summed E-state index contributed by atoms with van der Waals surface area (Å²) in [6.07, 6.45) is 3.18. The van der Waals surface area contributed by atoms with E-state index in [0.717, 1.165) is 12.0 Å². The van der Waals surface area contributed by atoms with Crippen LogP contribution in [0.25, 0.3) is 0 Å². The van der Waals surface area contributed by atoms with E-state index in [-0.39, 0.29) is 0 Å². The SMILES string of the molecule is Cc1ncc2c(n1)C(C(=O)O)CC2. The second-order valence-electron chi connectivity index (χ2n) is 3.26. The Bertz CT molecular complexity index is 363. The molecule has 1 atom stereocenters. The molecule has 13 heavy (non-hydrogen) atoms. The largest absolute Gasteiger partial charge is 0.481 e. The van der Waals surface area contributed by atoms with Crippen LogP contribution in [0.3, 0.4) is 0 Å². The molecule has 1 aromatic rings. The summed E-state index contributed by atoms with van der Waals surface area (Å²) < 4.78 is 0. The molecule has 1 aliphatic carbocycles. The maximum atomic E-state index is 10.8. The van der Waals surface area contributed by atoms with Gasteiger partial charge in [-0.15, -0.1) is 0 Å². The number of hydrogen-bond donors (Lipinski definition) is 1. The minimum Gasteiger partial charge on any atom is -0.481 e. The van der Waals surface area contributed by atoms with Gasteiger partial charge in [0.2, 0.25) is 0 Å². The van der Waals surface area contributed by atoms with Gasteiger partial charge in [0.15, 0.2) is 0 Å². The lowest BCUT2D eigenvalue weighted by Crippen LogP contribution is -2.10. The van der Waals surface area contributed by atoms with Crippen LogP contribution in [0.2, 0.25) is 0 Å². The Labute approximate surface area is 75.6 Å². The van der Waals surface area contributed by atoms with Crippen LogP contribution in [0.1, 0.15) is 29.4 Å². The van der Waals surface area contributed by atoms with Crippen LogP contribution in [0.15, 0.2) is 6.20 Å². The lowest BCUT2D eigenvalue weighted by molar-refractivity contribution is -0.138. The summed E-state index contributed by atoms with van der Waals surface area (Å²) in [6, 6.07) is 0. The Morgan fingerprint density at radius 1 is 1.69 bits per heavy atom. The van der Waals surface area contributed by atoms with E-state index in [9.17, 15) is 4.79 Å². The molecule has 0 radical (unpaired) electrons. The molecule has 2 rings (SSSR count). The van der Waals surface area contributed by atoms with Crippen molar-refractivity contribution in [3.05, 3.63) is 23.3 Å². The van der Waals surface area contributed by atoms with Crippen LogP contribution in [-0.4, -0.2) is 21.0 Å². The number of carboxylic acids is 1. The minimum atomic E-state index is -0.781. The van der Waals surface area contributed by atoms with Gasteiger partial charge >= 0.3 is 5.97 Å². The molecular weight excluding hydrogens is 168 g/mol. The predicted octanol–water partition coefficient (Wildman–Crippen LogP) is 0.899. The highest BCUT2D eigenvalue weighted by Gasteiger charge is 2.30. The van der Waals surface area contributed by atoms with Crippen LogP contribution >= 0.6 is 0 Å². The fourth-order valence-corrected chi connectivity index (χ4v) is 1.68. The van der Waals surface area contributed by atoms with Gasteiger partial charge in [-0.25, -0.2) is 9.97 Å². The lowest BCUT2D eigenvalue weighted by atomic mass is 10.1. The topological polar surface area (TPSA) is 63.1 Å². The highest BCUT2D eigenvalue weighted by atomic mass is 16.4. The molecule has 1 N–H and O–H groups in total. The van der Waals surface area contributed by atoms with Gasteiger partial charge in [0, 0.05) is 6.20 Å². The Morgan fingerprint density at radius 2 is 2.46 bits per heavy atom. The smallest absolute Gasteiger partial charge is 0.312 e. The molecule has 0 bridgehead atoms. The number of aryl methyl sites for hydroxylation is 2. The third-order valence-corrected chi connectivity index (χ3v) is 2.35. The van der Waals surface area contributed by atoms with Gasteiger partial charge in [0.25, 0.3) is 0 Å². The van der Waals surface area contributed by atoms with Gasteiger partial charge in [-0.3, -0.25) is 4.79 Å². The van der Waals surface area contributed by atoms with Crippen molar-refractivity contribution in [1.29, 1.82) is 0 Å². The molecule has 0 spiro atoms. The number of nitrogens with zero attached hydrogens (tertiary/aromatic N) is 2. The second-order valence-corrected chi connectivity index (χ2v) is 3.26. The van der Waals surface area contributed by atoms with Crippen molar-refractivity contribution in [1.82, 2.24) is 9.97 Å². The minimum absolute atomic E-state index is 0.420. The molecule has 68 valence electrons. The van der Waals surface area contributed by atoms with Crippen molar-refractivity contribution < 1.29 is 9.90 Å². The molecule has 0 saturated heterocycles. The summed E-state index contributed by atoms with van der Waals surface area (Å²) in [4.78, 5) is 19.0. The Kier molecular flexibility index (Phi) is 1.76. The molecule has 1 aliphatic rings. The number of fused-ring (bicyclic) bond motifs is 1. The molecule has 4 heteroatoms. The van der Waals surface area contributed by atoms with Crippen molar-refractivity contribution in [3.63, 3.8) is 0 Å². The zero-order chi connectivity index (χ0) is 9.42. The highest BCUT2D eigenvalue weighted by Crippen LogP contribution is 2.30. The highest BCUT2D eigenvalue weighted by molar-refractivity contribution is 5.76. The first-order valence-electron chi connectivity index (χ1n) is 4.23. The third kappa shape index (κ3) is 1.28. The number of aliphatic carboxylic acids is 1. The summed E-state index contributed by atoms with van der Waals surface area (Å²) >= 11 is 0. The van der Waals surface area contributed by atoms with Crippen LogP contribution in [-0.2, 0) is 11.2 Å². The van der Waals surface area contributed by atoms with E-state index in [1.807, 2.05) is 0 Å². The number of aromatic nitrogens is 2. The number of rotatable bonds is 1. The second kappa shape index (κ2) is 2.80. The van der Waals surface area contributed by atoms with Gasteiger partial charge in [0.05, 0.1) is 11.6 Å². The summed E-state index contributed by atoms with van der Waals surface area (Å²) in [6.45, 7) is 1.78. The van der Waals surface area contributed by atoms with E-state index in [4.69, 9.17) is 5.11 Å². The molecule has 0 aromatic carbocycles. The van der Waals surface area contributed by atoms with Gasteiger partial charge in [-0.1, -0.05) is 0 Å². The Balaban J connectivity index is 2.46. The van der Waals surface area contributed by atoms with Crippen molar-refractivity contribution in [2.75, 3.05) is 0 Å². The average Bonchev–Trinajstić information content (AvgIpc) is 2.46. The fraction of sp³-hybridized carbons (Fsp3) is 0.444. The van der Waals surface area contributed by atoms with Gasteiger partial charge in [-0.2, -0.15) is 0 Å². The maximum absolute atomic E-state index is 10.8. The van der Waals surface area contributed by atoms with Crippen molar-refractivity contribution in [2.45, 2.75) is 25.7 Å². The zero-order valence-corrected chi connectivity index (χ0v) is 7.32. The van der Waals surface area contributed by atoms with Crippen molar-refractivity contribution in [2.24, 2.45) is 0 Å². The van der Waals surface area contributed by atoms with Crippen molar-refractivity contribution in [3.8, 4) is 0 Å². The summed E-state index contributed by atoms with van der Waals surface area (Å²) in [5.41, 5.74) is 1.69. The van der Waals surface area contributed by atoms with Crippen LogP contribution in [0, 0.1) is 6.92 Å². The van der Waals surface area contributed by atoms with E-state index in [2.05, 4.69) is 9.97 Å². The zero-order valence-electron chi connectivity index (χ0n) is 7.32. The molecule has 0 aliphatic heterocycles.